The van der Waals surface area contributed by atoms with Crippen LogP contribution in [0.1, 0.15) is 11.3 Å². The summed E-state index contributed by atoms with van der Waals surface area (Å²) in [4.78, 5) is 0. The van der Waals surface area contributed by atoms with Gasteiger partial charge in [0.1, 0.15) is 12.0 Å². The molecule has 0 spiro atoms. The predicted molar refractivity (Wildman–Crippen MR) is 62.9 cm³/mol. The minimum absolute atomic E-state index is 0.250. The van der Waals surface area contributed by atoms with E-state index in [2.05, 4.69) is 26.4 Å². The molecule has 0 aliphatic heterocycles. The first-order chi connectivity index (χ1) is 7.75. The number of phenolic OH excluding ortho intramolecular Hbond substituents is 1. The molecule has 0 unspecified atom stereocenters. The normalized spacial score (nSPS) is 10.6. The molecule has 4 nitrogen and oxygen atoms in total. The van der Waals surface area contributed by atoms with Crippen LogP contribution in [-0.2, 0) is 13.1 Å². The van der Waals surface area contributed by atoms with Crippen molar-refractivity contribution in [3.8, 4) is 5.75 Å². The molecule has 84 valence electrons. The third-order valence-corrected chi connectivity index (χ3v) is 2.77. The molecule has 0 atom stereocenters. The summed E-state index contributed by atoms with van der Waals surface area (Å²) in [6.07, 6.45) is 1.55. The van der Waals surface area contributed by atoms with E-state index in [1.54, 1.807) is 12.3 Å². The molecule has 0 saturated heterocycles. The number of phenols is 1. The first-order valence-electron chi connectivity index (χ1n) is 4.83. The summed E-state index contributed by atoms with van der Waals surface area (Å²) >= 11 is 3.27. The topological polar surface area (TPSA) is 58.3 Å². The molecule has 0 aliphatic rings. The maximum Gasteiger partial charge on any atom is 0.129 e. The summed E-state index contributed by atoms with van der Waals surface area (Å²) < 4.78 is 5.42. The van der Waals surface area contributed by atoms with Gasteiger partial charge in [0.15, 0.2) is 0 Å². The van der Waals surface area contributed by atoms with Gasteiger partial charge in [-0.15, -0.1) is 0 Å². The first-order valence-corrected chi connectivity index (χ1v) is 5.62. The molecule has 0 saturated carbocycles. The Morgan fingerprint density at radius 1 is 1.31 bits per heavy atom. The number of aromatic nitrogens is 1. The van der Waals surface area contributed by atoms with E-state index in [1.165, 1.54) is 0 Å². The van der Waals surface area contributed by atoms with Crippen molar-refractivity contribution in [1.29, 1.82) is 0 Å². The summed E-state index contributed by atoms with van der Waals surface area (Å²) in [7, 11) is 0. The summed E-state index contributed by atoms with van der Waals surface area (Å²) in [6, 6.07) is 7.23. The van der Waals surface area contributed by atoms with Gasteiger partial charge in [0, 0.05) is 19.2 Å². The molecule has 0 bridgehead atoms. The molecular weight excluding hydrogens is 272 g/mol. The van der Waals surface area contributed by atoms with Crippen LogP contribution in [0, 0.1) is 0 Å². The molecule has 5 heteroatoms. The first kappa shape index (κ1) is 11.2. The predicted octanol–water partition coefficient (Wildman–Crippen LogP) is 2.43. The number of nitrogens with zero attached hydrogens (tertiary/aromatic N) is 1. The van der Waals surface area contributed by atoms with Crippen LogP contribution in [0.15, 0.2) is 39.5 Å². The Bertz CT molecular complexity index is 457. The van der Waals surface area contributed by atoms with E-state index in [9.17, 15) is 5.11 Å². The molecular formula is C11H11BrN2O2. The third kappa shape index (κ3) is 2.84. The van der Waals surface area contributed by atoms with E-state index in [0.717, 1.165) is 11.3 Å². The SMILES string of the molecule is Oc1ccc(CNCc2ccon2)cc1Br. The molecule has 1 heterocycles. The second kappa shape index (κ2) is 5.14. The highest BCUT2D eigenvalue weighted by Gasteiger charge is 2.00. The van der Waals surface area contributed by atoms with Crippen LogP contribution >= 0.6 is 15.9 Å². The lowest BCUT2D eigenvalue weighted by atomic mass is 10.2. The minimum Gasteiger partial charge on any atom is -0.507 e. The lowest BCUT2D eigenvalue weighted by Crippen LogP contribution is -2.12. The standard InChI is InChI=1S/C11H11BrN2O2/c12-10-5-8(1-2-11(10)15)6-13-7-9-3-4-16-14-9/h1-5,13,15H,6-7H2. The van der Waals surface area contributed by atoms with Crippen molar-refractivity contribution < 1.29 is 9.63 Å². The fourth-order valence-electron chi connectivity index (χ4n) is 1.32. The van der Waals surface area contributed by atoms with E-state index in [1.807, 2.05) is 18.2 Å². The quantitative estimate of drug-likeness (QED) is 0.904. The van der Waals surface area contributed by atoms with Gasteiger partial charge < -0.3 is 14.9 Å². The average molecular weight is 283 g/mol. The highest BCUT2D eigenvalue weighted by Crippen LogP contribution is 2.24. The summed E-state index contributed by atoms with van der Waals surface area (Å²) in [5.74, 6) is 0.250. The van der Waals surface area contributed by atoms with Gasteiger partial charge in [-0.2, -0.15) is 0 Å². The number of rotatable bonds is 4. The van der Waals surface area contributed by atoms with Gasteiger partial charge in [-0.3, -0.25) is 0 Å². The fourth-order valence-corrected chi connectivity index (χ4v) is 1.75. The molecule has 2 N–H and O–H groups in total. The molecule has 16 heavy (non-hydrogen) atoms. The Morgan fingerprint density at radius 2 is 2.19 bits per heavy atom. The monoisotopic (exact) mass is 282 g/mol. The molecule has 0 radical (unpaired) electrons. The van der Waals surface area contributed by atoms with E-state index in [0.29, 0.717) is 17.6 Å². The van der Waals surface area contributed by atoms with Gasteiger partial charge in [-0.25, -0.2) is 0 Å². The fraction of sp³-hybridized carbons (Fsp3) is 0.182. The smallest absolute Gasteiger partial charge is 0.129 e. The van der Waals surface area contributed by atoms with Crippen molar-refractivity contribution in [2.45, 2.75) is 13.1 Å². The number of hydrogen-bond donors (Lipinski definition) is 2. The van der Waals surface area contributed by atoms with Crippen molar-refractivity contribution in [3.05, 3.63) is 46.3 Å². The Hall–Kier alpha value is -1.33. The van der Waals surface area contributed by atoms with Gasteiger partial charge >= 0.3 is 0 Å². The zero-order valence-electron chi connectivity index (χ0n) is 8.48. The Labute approximate surface area is 101 Å². The van der Waals surface area contributed by atoms with Crippen LogP contribution in [0.3, 0.4) is 0 Å². The number of benzene rings is 1. The molecule has 0 aliphatic carbocycles. The molecule has 1 aromatic heterocycles. The summed E-state index contributed by atoms with van der Waals surface area (Å²) in [6.45, 7) is 1.38. The number of hydrogen-bond acceptors (Lipinski definition) is 4. The highest BCUT2D eigenvalue weighted by molar-refractivity contribution is 9.10. The average Bonchev–Trinajstić information content (AvgIpc) is 2.76. The molecule has 0 fully saturated rings. The molecule has 0 amide bonds. The second-order valence-corrected chi connectivity index (χ2v) is 4.23. The van der Waals surface area contributed by atoms with Crippen LogP contribution in [0.5, 0.6) is 5.75 Å². The number of halogens is 1. The maximum absolute atomic E-state index is 9.33. The highest BCUT2D eigenvalue weighted by atomic mass is 79.9. The number of nitrogens with one attached hydrogen (secondary N) is 1. The van der Waals surface area contributed by atoms with Crippen molar-refractivity contribution in [2.75, 3.05) is 0 Å². The molecule has 2 rings (SSSR count). The largest absolute Gasteiger partial charge is 0.507 e. The Balaban J connectivity index is 1.87. The van der Waals surface area contributed by atoms with Gasteiger partial charge in [-0.05, 0) is 33.6 Å². The van der Waals surface area contributed by atoms with Crippen molar-refractivity contribution >= 4 is 15.9 Å². The lowest BCUT2D eigenvalue weighted by molar-refractivity contribution is 0.408. The van der Waals surface area contributed by atoms with E-state index in [-0.39, 0.29) is 5.75 Å². The lowest BCUT2D eigenvalue weighted by Gasteiger charge is -2.04. The van der Waals surface area contributed by atoms with Crippen molar-refractivity contribution in [2.24, 2.45) is 0 Å². The summed E-state index contributed by atoms with van der Waals surface area (Å²) in [5, 5.41) is 16.3. The summed E-state index contributed by atoms with van der Waals surface area (Å²) in [5.41, 5.74) is 1.96. The van der Waals surface area contributed by atoms with Crippen LogP contribution in [0.2, 0.25) is 0 Å². The van der Waals surface area contributed by atoms with Gasteiger partial charge in [0.25, 0.3) is 0 Å². The Kier molecular flexibility index (Phi) is 3.58. The van der Waals surface area contributed by atoms with E-state index in [4.69, 9.17) is 4.52 Å². The Morgan fingerprint density at radius 3 is 2.88 bits per heavy atom. The third-order valence-electron chi connectivity index (χ3n) is 2.14. The minimum atomic E-state index is 0.250. The van der Waals surface area contributed by atoms with Crippen LogP contribution in [0.4, 0.5) is 0 Å². The van der Waals surface area contributed by atoms with Gasteiger partial charge in [0.05, 0.1) is 10.2 Å². The van der Waals surface area contributed by atoms with Gasteiger partial charge in [0.2, 0.25) is 0 Å². The van der Waals surface area contributed by atoms with E-state index < -0.39 is 0 Å². The second-order valence-electron chi connectivity index (χ2n) is 3.38. The van der Waals surface area contributed by atoms with Crippen LogP contribution in [0.25, 0.3) is 0 Å². The van der Waals surface area contributed by atoms with Crippen LogP contribution < -0.4 is 5.32 Å². The zero-order chi connectivity index (χ0) is 11.4. The molecule has 1 aromatic carbocycles. The van der Waals surface area contributed by atoms with Crippen molar-refractivity contribution in [3.63, 3.8) is 0 Å². The maximum atomic E-state index is 9.33. The van der Waals surface area contributed by atoms with E-state index >= 15 is 0 Å². The number of aromatic hydroxyl groups is 1. The zero-order valence-corrected chi connectivity index (χ0v) is 10.1. The van der Waals surface area contributed by atoms with Crippen molar-refractivity contribution in [1.82, 2.24) is 10.5 Å². The van der Waals surface area contributed by atoms with Crippen LogP contribution in [-0.4, -0.2) is 10.3 Å². The van der Waals surface area contributed by atoms with Gasteiger partial charge in [-0.1, -0.05) is 11.2 Å². The molecule has 2 aromatic rings.